The maximum atomic E-state index is 11.4. The monoisotopic (exact) mass is 294 g/mol. The van der Waals surface area contributed by atoms with Crippen molar-refractivity contribution in [2.24, 2.45) is 0 Å². The molecule has 12 heavy (non-hydrogen) atoms. The summed E-state index contributed by atoms with van der Waals surface area (Å²) in [6, 6.07) is 5.47. The van der Waals surface area contributed by atoms with E-state index in [0.717, 1.165) is 3.57 Å². The Kier molecular flexibility index (Phi) is 3.53. The Morgan fingerprint density at radius 1 is 1.58 bits per heavy atom. The van der Waals surface area contributed by atoms with Gasteiger partial charge in [-0.3, -0.25) is 4.79 Å². The molecule has 0 unspecified atom stereocenters. The number of rotatable bonds is 2. The minimum atomic E-state index is 0.102. The van der Waals surface area contributed by atoms with Crippen LogP contribution in [0.1, 0.15) is 23.7 Å². The van der Waals surface area contributed by atoms with Crippen molar-refractivity contribution in [3.8, 4) is 0 Å². The van der Waals surface area contributed by atoms with Gasteiger partial charge in [0.05, 0.1) is 5.02 Å². The molecular formula is C9H8ClIO. The van der Waals surface area contributed by atoms with E-state index in [4.69, 9.17) is 11.6 Å². The summed E-state index contributed by atoms with van der Waals surface area (Å²) in [5, 5.41) is 0.550. The van der Waals surface area contributed by atoms with Gasteiger partial charge in [-0.05, 0) is 34.7 Å². The lowest BCUT2D eigenvalue weighted by Crippen LogP contribution is -2.00. The van der Waals surface area contributed by atoms with E-state index in [-0.39, 0.29) is 5.78 Å². The van der Waals surface area contributed by atoms with E-state index in [1.165, 1.54) is 0 Å². The minimum Gasteiger partial charge on any atom is -0.294 e. The average molecular weight is 295 g/mol. The molecule has 1 aromatic rings. The third-order valence-corrected chi connectivity index (χ3v) is 2.78. The van der Waals surface area contributed by atoms with Crippen molar-refractivity contribution in [1.29, 1.82) is 0 Å². The molecule has 0 heterocycles. The first-order valence-corrected chi connectivity index (χ1v) is 5.09. The summed E-state index contributed by atoms with van der Waals surface area (Å²) in [7, 11) is 0. The second kappa shape index (κ2) is 4.23. The Labute approximate surface area is 90.3 Å². The SMILES string of the molecule is CCC(=O)c1c(Cl)cccc1I. The molecule has 0 N–H and O–H groups in total. The molecule has 0 fully saturated rings. The lowest BCUT2D eigenvalue weighted by molar-refractivity contribution is 0.0987. The van der Waals surface area contributed by atoms with E-state index in [0.29, 0.717) is 17.0 Å². The number of carbonyl (C=O) groups excluding carboxylic acids is 1. The first-order valence-electron chi connectivity index (χ1n) is 3.64. The number of halogens is 2. The van der Waals surface area contributed by atoms with Crippen molar-refractivity contribution in [3.63, 3.8) is 0 Å². The third-order valence-electron chi connectivity index (χ3n) is 1.56. The number of ketones is 1. The minimum absolute atomic E-state index is 0.102. The van der Waals surface area contributed by atoms with Crippen molar-refractivity contribution in [1.82, 2.24) is 0 Å². The van der Waals surface area contributed by atoms with Crippen molar-refractivity contribution in [2.75, 3.05) is 0 Å². The van der Waals surface area contributed by atoms with E-state index in [1.54, 1.807) is 6.07 Å². The van der Waals surface area contributed by atoms with Crippen LogP contribution in [0.15, 0.2) is 18.2 Å². The van der Waals surface area contributed by atoms with Gasteiger partial charge in [0.1, 0.15) is 0 Å². The van der Waals surface area contributed by atoms with Gasteiger partial charge in [-0.1, -0.05) is 24.6 Å². The van der Waals surface area contributed by atoms with Crippen LogP contribution in [0.3, 0.4) is 0 Å². The van der Waals surface area contributed by atoms with Crippen LogP contribution in [-0.4, -0.2) is 5.78 Å². The van der Waals surface area contributed by atoms with Crippen LogP contribution in [0.4, 0.5) is 0 Å². The molecule has 0 aromatic heterocycles. The van der Waals surface area contributed by atoms with Crippen molar-refractivity contribution in [2.45, 2.75) is 13.3 Å². The van der Waals surface area contributed by atoms with Gasteiger partial charge in [-0.2, -0.15) is 0 Å². The van der Waals surface area contributed by atoms with Gasteiger partial charge in [0.25, 0.3) is 0 Å². The molecular weight excluding hydrogens is 286 g/mol. The molecule has 0 spiro atoms. The summed E-state index contributed by atoms with van der Waals surface area (Å²) >= 11 is 8.00. The summed E-state index contributed by atoms with van der Waals surface area (Å²) in [6.45, 7) is 1.84. The molecule has 0 bridgehead atoms. The van der Waals surface area contributed by atoms with Gasteiger partial charge >= 0.3 is 0 Å². The van der Waals surface area contributed by atoms with Crippen molar-refractivity contribution < 1.29 is 4.79 Å². The van der Waals surface area contributed by atoms with E-state index >= 15 is 0 Å². The molecule has 1 aromatic carbocycles. The number of carbonyl (C=O) groups is 1. The zero-order chi connectivity index (χ0) is 9.14. The Bertz CT molecular complexity index is 289. The Hall–Kier alpha value is -0.0900. The maximum Gasteiger partial charge on any atom is 0.165 e. The Morgan fingerprint density at radius 3 is 2.75 bits per heavy atom. The highest BCUT2D eigenvalue weighted by atomic mass is 127. The molecule has 0 radical (unpaired) electrons. The van der Waals surface area contributed by atoms with Crippen LogP contribution in [0, 0.1) is 3.57 Å². The largest absolute Gasteiger partial charge is 0.294 e. The van der Waals surface area contributed by atoms with Crippen LogP contribution in [0.5, 0.6) is 0 Å². The predicted molar refractivity (Wildman–Crippen MR) is 58.8 cm³/mol. The number of hydrogen-bond donors (Lipinski definition) is 0. The van der Waals surface area contributed by atoms with E-state index in [9.17, 15) is 4.79 Å². The zero-order valence-corrected chi connectivity index (χ0v) is 9.52. The highest BCUT2D eigenvalue weighted by molar-refractivity contribution is 14.1. The van der Waals surface area contributed by atoms with Crippen LogP contribution >= 0.6 is 34.2 Å². The molecule has 0 saturated heterocycles. The summed E-state index contributed by atoms with van der Waals surface area (Å²) < 4.78 is 0.923. The highest BCUT2D eigenvalue weighted by Gasteiger charge is 2.11. The summed E-state index contributed by atoms with van der Waals surface area (Å²) in [4.78, 5) is 11.4. The highest BCUT2D eigenvalue weighted by Crippen LogP contribution is 2.22. The summed E-state index contributed by atoms with van der Waals surface area (Å²) in [5.74, 6) is 0.102. The molecule has 0 atom stereocenters. The fourth-order valence-electron chi connectivity index (χ4n) is 0.941. The van der Waals surface area contributed by atoms with Gasteiger partial charge in [-0.25, -0.2) is 0 Å². The molecule has 1 nitrogen and oxygen atoms in total. The zero-order valence-electron chi connectivity index (χ0n) is 6.60. The van der Waals surface area contributed by atoms with E-state index in [1.807, 2.05) is 19.1 Å². The molecule has 64 valence electrons. The number of benzene rings is 1. The molecule has 0 amide bonds. The smallest absolute Gasteiger partial charge is 0.165 e. The van der Waals surface area contributed by atoms with Crippen molar-refractivity contribution >= 4 is 40.0 Å². The van der Waals surface area contributed by atoms with Gasteiger partial charge in [0, 0.05) is 15.6 Å². The van der Waals surface area contributed by atoms with E-state index in [2.05, 4.69) is 22.6 Å². The third kappa shape index (κ3) is 1.98. The fourth-order valence-corrected chi connectivity index (χ4v) is 2.18. The predicted octanol–water partition coefficient (Wildman–Crippen LogP) is 3.54. The second-order valence-corrected chi connectivity index (χ2v) is 3.94. The van der Waals surface area contributed by atoms with Crippen LogP contribution < -0.4 is 0 Å². The maximum absolute atomic E-state index is 11.4. The van der Waals surface area contributed by atoms with Crippen LogP contribution in [0.25, 0.3) is 0 Å². The van der Waals surface area contributed by atoms with Crippen molar-refractivity contribution in [3.05, 3.63) is 32.4 Å². The van der Waals surface area contributed by atoms with Gasteiger partial charge in [0.2, 0.25) is 0 Å². The lowest BCUT2D eigenvalue weighted by atomic mass is 10.1. The van der Waals surface area contributed by atoms with Gasteiger partial charge in [0.15, 0.2) is 5.78 Å². The Balaban J connectivity index is 3.21. The standard InChI is InChI=1S/C9H8ClIO/c1-2-8(12)9-6(10)4-3-5-7(9)11/h3-5H,2H2,1H3. The topological polar surface area (TPSA) is 17.1 Å². The molecule has 1 rings (SSSR count). The second-order valence-electron chi connectivity index (χ2n) is 2.37. The number of hydrogen-bond acceptors (Lipinski definition) is 1. The first kappa shape index (κ1) is 9.99. The number of Topliss-reactive ketones (excluding diaryl/α,β-unsaturated/α-hetero) is 1. The molecule has 3 heteroatoms. The fraction of sp³-hybridized carbons (Fsp3) is 0.222. The average Bonchev–Trinajstić information content (AvgIpc) is 2.03. The molecule has 0 aliphatic rings. The summed E-state index contributed by atoms with van der Waals surface area (Å²) in [5.41, 5.74) is 0.655. The summed E-state index contributed by atoms with van der Waals surface area (Å²) in [6.07, 6.45) is 0.500. The van der Waals surface area contributed by atoms with E-state index < -0.39 is 0 Å². The van der Waals surface area contributed by atoms with Crippen LogP contribution in [-0.2, 0) is 0 Å². The van der Waals surface area contributed by atoms with Gasteiger partial charge < -0.3 is 0 Å². The molecule has 0 aliphatic carbocycles. The lowest BCUT2D eigenvalue weighted by Gasteiger charge is -2.03. The molecule has 0 saturated carbocycles. The normalized spacial score (nSPS) is 9.92. The quantitative estimate of drug-likeness (QED) is 0.602. The van der Waals surface area contributed by atoms with Gasteiger partial charge in [-0.15, -0.1) is 0 Å². The molecule has 0 aliphatic heterocycles. The first-order chi connectivity index (χ1) is 5.66. The Morgan fingerprint density at radius 2 is 2.25 bits per heavy atom. The van der Waals surface area contributed by atoms with Crippen LogP contribution in [0.2, 0.25) is 5.02 Å².